The molecule has 1 aromatic carbocycles. The number of rotatable bonds is 5. The van der Waals surface area contributed by atoms with E-state index in [0.717, 1.165) is 23.9 Å². The van der Waals surface area contributed by atoms with Crippen molar-refractivity contribution >= 4 is 34.6 Å². The van der Waals surface area contributed by atoms with Gasteiger partial charge in [0.1, 0.15) is 0 Å². The van der Waals surface area contributed by atoms with Crippen molar-refractivity contribution in [2.75, 3.05) is 18.4 Å². The zero-order chi connectivity index (χ0) is 14.4. The molecule has 0 saturated carbocycles. The van der Waals surface area contributed by atoms with E-state index in [1.807, 2.05) is 24.3 Å². The monoisotopic (exact) mass is 298 g/mol. The van der Waals surface area contributed by atoms with Gasteiger partial charge in [-0.1, -0.05) is 51.4 Å². The largest absolute Gasteiger partial charge is 0.349 e. The normalized spacial score (nSPS) is 10.9. The van der Waals surface area contributed by atoms with Crippen molar-refractivity contribution in [3.8, 4) is 0 Å². The Morgan fingerprint density at radius 1 is 1.16 bits per heavy atom. The zero-order valence-corrected chi connectivity index (χ0v) is 13.7. The molecule has 0 aliphatic rings. The number of nitrogens with one attached hydrogen (secondary N) is 1. The highest BCUT2D eigenvalue weighted by Gasteiger charge is 2.13. The van der Waals surface area contributed by atoms with Crippen LogP contribution in [-0.4, -0.2) is 23.1 Å². The summed E-state index contributed by atoms with van der Waals surface area (Å²) in [5.74, 6) is 1.15. The fourth-order valence-corrected chi connectivity index (χ4v) is 2.32. The van der Waals surface area contributed by atoms with Crippen molar-refractivity contribution in [1.82, 2.24) is 4.90 Å². The van der Waals surface area contributed by atoms with Gasteiger partial charge in [0.15, 0.2) is 5.11 Å². The van der Waals surface area contributed by atoms with Crippen molar-refractivity contribution in [2.45, 2.75) is 27.7 Å². The van der Waals surface area contributed by atoms with Crippen LogP contribution < -0.4 is 5.32 Å². The minimum absolute atomic E-state index is 0.574. The first-order chi connectivity index (χ1) is 8.90. The van der Waals surface area contributed by atoms with Crippen LogP contribution in [0.4, 0.5) is 5.69 Å². The molecule has 19 heavy (non-hydrogen) atoms. The topological polar surface area (TPSA) is 15.3 Å². The lowest BCUT2D eigenvalue weighted by Crippen LogP contribution is -2.39. The molecule has 0 bridgehead atoms. The number of thiocarbonyl (C=S) groups is 1. The van der Waals surface area contributed by atoms with Gasteiger partial charge in [0, 0.05) is 13.1 Å². The Bertz CT molecular complexity index is 408. The van der Waals surface area contributed by atoms with Crippen LogP contribution in [0.2, 0.25) is 5.02 Å². The van der Waals surface area contributed by atoms with Gasteiger partial charge < -0.3 is 10.2 Å². The molecule has 0 fully saturated rings. The molecule has 1 rings (SSSR count). The van der Waals surface area contributed by atoms with Crippen LogP contribution in [0, 0.1) is 11.8 Å². The van der Waals surface area contributed by atoms with Gasteiger partial charge in [0.05, 0.1) is 10.7 Å². The number of benzene rings is 1. The highest BCUT2D eigenvalue weighted by atomic mass is 35.5. The highest BCUT2D eigenvalue weighted by Crippen LogP contribution is 2.21. The van der Waals surface area contributed by atoms with Crippen molar-refractivity contribution in [2.24, 2.45) is 11.8 Å². The number of para-hydroxylation sites is 1. The first-order valence-corrected chi connectivity index (χ1v) is 7.49. The van der Waals surface area contributed by atoms with Gasteiger partial charge in [-0.15, -0.1) is 0 Å². The van der Waals surface area contributed by atoms with E-state index in [2.05, 4.69) is 37.9 Å². The van der Waals surface area contributed by atoms with Gasteiger partial charge in [-0.05, 0) is 36.2 Å². The van der Waals surface area contributed by atoms with Crippen LogP contribution in [0.1, 0.15) is 27.7 Å². The quantitative estimate of drug-likeness (QED) is 0.797. The van der Waals surface area contributed by atoms with E-state index in [0.29, 0.717) is 16.9 Å². The van der Waals surface area contributed by atoms with Gasteiger partial charge in [-0.2, -0.15) is 0 Å². The molecule has 4 heteroatoms. The first-order valence-electron chi connectivity index (χ1n) is 6.70. The molecule has 0 radical (unpaired) electrons. The highest BCUT2D eigenvalue weighted by molar-refractivity contribution is 7.80. The first kappa shape index (κ1) is 16.3. The van der Waals surface area contributed by atoms with Crippen LogP contribution >= 0.6 is 23.8 Å². The van der Waals surface area contributed by atoms with E-state index in [1.54, 1.807) is 0 Å². The average molecular weight is 299 g/mol. The van der Waals surface area contributed by atoms with Crippen LogP contribution in [-0.2, 0) is 0 Å². The Labute approximate surface area is 127 Å². The lowest BCUT2D eigenvalue weighted by atomic mass is 10.1. The molecule has 0 aliphatic carbocycles. The van der Waals surface area contributed by atoms with Crippen molar-refractivity contribution in [3.63, 3.8) is 0 Å². The molecule has 0 heterocycles. The Balaban J connectivity index is 2.74. The van der Waals surface area contributed by atoms with Crippen LogP contribution in [0.3, 0.4) is 0 Å². The molecule has 0 atom stereocenters. The van der Waals surface area contributed by atoms with E-state index >= 15 is 0 Å². The maximum absolute atomic E-state index is 6.14. The molecular formula is C15H23ClN2S. The van der Waals surface area contributed by atoms with Crippen molar-refractivity contribution in [1.29, 1.82) is 0 Å². The molecule has 0 unspecified atom stereocenters. The smallest absolute Gasteiger partial charge is 0.173 e. The number of nitrogens with zero attached hydrogens (tertiary/aromatic N) is 1. The fraction of sp³-hybridized carbons (Fsp3) is 0.533. The van der Waals surface area contributed by atoms with Gasteiger partial charge in [0.2, 0.25) is 0 Å². The van der Waals surface area contributed by atoms with Gasteiger partial charge in [0.25, 0.3) is 0 Å². The third kappa shape index (κ3) is 5.79. The molecule has 2 nitrogen and oxygen atoms in total. The number of hydrogen-bond donors (Lipinski definition) is 1. The number of halogens is 1. The maximum Gasteiger partial charge on any atom is 0.173 e. The van der Waals surface area contributed by atoms with E-state index in [1.165, 1.54) is 0 Å². The lowest BCUT2D eigenvalue weighted by Gasteiger charge is -2.29. The third-order valence-corrected chi connectivity index (χ3v) is 3.26. The minimum atomic E-state index is 0.574. The molecule has 106 valence electrons. The third-order valence-electron chi connectivity index (χ3n) is 2.57. The predicted octanol–water partition coefficient (Wildman–Crippen LogP) is 4.65. The summed E-state index contributed by atoms with van der Waals surface area (Å²) in [4.78, 5) is 2.22. The fourth-order valence-electron chi connectivity index (χ4n) is 1.88. The van der Waals surface area contributed by atoms with E-state index in [-0.39, 0.29) is 0 Å². The number of anilines is 1. The number of hydrogen-bond acceptors (Lipinski definition) is 1. The van der Waals surface area contributed by atoms with Crippen LogP contribution in [0.25, 0.3) is 0 Å². The maximum atomic E-state index is 6.14. The van der Waals surface area contributed by atoms with Crippen LogP contribution in [0.5, 0.6) is 0 Å². The molecule has 0 saturated heterocycles. The molecule has 0 amide bonds. The van der Waals surface area contributed by atoms with E-state index < -0.39 is 0 Å². The van der Waals surface area contributed by atoms with Gasteiger partial charge in [-0.25, -0.2) is 0 Å². The molecule has 0 spiro atoms. The Kier molecular flexibility index (Phi) is 6.59. The van der Waals surface area contributed by atoms with Crippen molar-refractivity contribution < 1.29 is 0 Å². The molecule has 0 aliphatic heterocycles. The van der Waals surface area contributed by atoms with Gasteiger partial charge in [-0.3, -0.25) is 0 Å². The Hall–Kier alpha value is -0.800. The second-order valence-electron chi connectivity index (χ2n) is 5.60. The second kappa shape index (κ2) is 7.71. The summed E-state index contributed by atoms with van der Waals surface area (Å²) >= 11 is 11.7. The minimum Gasteiger partial charge on any atom is -0.349 e. The molecule has 0 aromatic heterocycles. The summed E-state index contributed by atoms with van der Waals surface area (Å²) < 4.78 is 0. The standard InChI is InChI=1S/C15H23ClN2S/c1-11(2)9-18(10-12(3)4)15(19)17-14-8-6-5-7-13(14)16/h5-8,11-12H,9-10H2,1-4H3,(H,17,19). The second-order valence-corrected chi connectivity index (χ2v) is 6.40. The summed E-state index contributed by atoms with van der Waals surface area (Å²) in [5.41, 5.74) is 0.867. The molecule has 1 aromatic rings. The lowest BCUT2D eigenvalue weighted by molar-refractivity contribution is 0.332. The zero-order valence-electron chi connectivity index (χ0n) is 12.1. The molecular weight excluding hydrogens is 276 g/mol. The van der Waals surface area contributed by atoms with E-state index in [4.69, 9.17) is 23.8 Å². The summed E-state index contributed by atoms with van der Waals surface area (Å²) in [6, 6.07) is 7.67. The average Bonchev–Trinajstić information content (AvgIpc) is 2.30. The van der Waals surface area contributed by atoms with Gasteiger partial charge >= 0.3 is 0 Å². The summed E-state index contributed by atoms with van der Waals surface area (Å²) in [7, 11) is 0. The van der Waals surface area contributed by atoms with Crippen molar-refractivity contribution in [3.05, 3.63) is 29.3 Å². The van der Waals surface area contributed by atoms with Crippen LogP contribution in [0.15, 0.2) is 24.3 Å². The van der Waals surface area contributed by atoms with E-state index in [9.17, 15) is 0 Å². The summed E-state index contributed by atoms with van der Waals surface area (Å²) in [6.45, 7) is 10.7. The predicted molar refractivity (Wildman–Crippen MR) is 88.9 cm³/mol. The summed E-state index contributed by atoms with van der Waals surface area (Å²) in [6.07, 6.45) is 0. The molecule has 1 N–H and O–H groups in total. The Morgan fingerprint density at radius 3 is 2.16 bits per heavy atom. The Morgan fingerprint density at radius 2 is 1.68 bits per heavy atom. The SMILES string of the molecule is CC(C)CN(CC(C)C)C(=S)Nc1ccccc1Cl. The summed E-state index contributed by atoms with van der Waals surface area (Å²) in [5, 5.41) is 4.69.